The molecule has 10 heteroatoms. The Hall–Kier alpha value is -3.40. The first kappa shape index (κ1) is 21.3. The van der Waals surface area contributed by atoms with E-state index in [-0.39, 0.29) is 28.1 Å². The number of anilines is 2. The Morgan fingerprint density at radius 3 is 2.53 bits per heavy atom. The second-order valence-corrected chi connectivity index (χ2v) is 8.23. The SMILES string of the molecule is COc1ccc(-c2c(C)noc2NC(C)=O)cc1S(=O)(=O)Nc1ccc(F)cc1C. The monoisotopic (exact) mass is 433 g/mol. The molecule has 0 saturated carbocycles. The number of halogens is 1. The van der Waals surface area contributed by atoms with Crippen molar-refractivity contribution in [1.82, 2.24) is 5.16 Å². The van der Waals surface area contributed by atoms with Crippen molar-refractivity contribution in [3.8, 4) is 16.9 Å². The van der Waals surface area contributed by atoms with Crippen LogP contribution in [0.2, 0.25) is 0 Å². The summed E-state index contributed by atoms with van der Waals surface area (Å²) in [6, 6.07) is 8.25. The lowest BCUT2D eigenvalue weighted by atomic mass is 10.1. The number of sulfonamides is 1. The fourth-order valence-corrected chi connectivity index (χ4v) is 4.27. The molecule has 158 valence electrons. The van der Waals surface area contributed by atoms with Gasteiger partial charge in [0.1, 0.15) is 16.5 Å². The van der Waals surface area contributed by atoms with E-state index in [1.165, 1.54) is 44.4 Å². The lowest BCUT2D eigenvalue weighted by molar-refractivity contribution is -0.114. The molecule has 0 aliphatic heterocycles. The molecular formula is C20H20FN3O5S. The number of nitrogens with zero attached hydrogens (tertiary/aromatic N) is 1. The topological polar surface area (TPSA) is 111 Å². The molecule has 8 nitrogen and oxygen atoms in total. The summed E-state index contributed by atoms with van der Waals surface area (Å²) in [5, 5.41) is 6.38. The van der Waals surface area contributed by atoms with Gasteiger partial charge in [-0.3, -0.25) is 14.8 Å². The molecule has 0 unspecified atom stereocenters. The third-order valence-corrected chi connectivity index (χ3v) is 5.71. The van der Waals surface area contributed by atoms with Crippen LogP contribution in [0.1, 0.15) is 18.2 Å². The van der Waals surface area contributed by atoms with Gasteiger partial charge in [-0.2, -0.15) is 0 Å². The van der Waals surface area contributed by atoms with Crippen molar-refractivity contribution in [2.75, 3.05) is 17.1 Å². The van der Waals surface area contributed by atoms with E-state index >= 15 is 0 Å². The summed E-state index contributed by atoms with van der Waals surface area (Å²) in [5.41, 5.74) is 2.03. The van der Waals surface area contributed by atoms with Crippen molar-refractivity contribution < 1.29 is 26.9 Å². The van der Waals surface area contributed by atoms with Gasteiger partial charge in [-0.15, -0.1) is 0 Å². The smallest absolute Gasteiger partial charge is 0.265 e. The quantitative estimate of drug-likeness (QED) is 0.611. The highest BCUT2D eigenvalue weighted by Crippen LogP contribution is 2.36. The van der Waals surface area contributed by atoms with Gasteiger partial charge in [-0.1, -0.05) is 11.2 Å². The zero-order valence-electron chi connectivity index (χ0n) is 16.7. The lowest BCUT2D eigenvalue weighted by Crippen LogP contribution is -2.15. The minimum absolute atomic E-state index is 0.107. The van der Waals surface area contributed by atoms with Gasteiger partial charge in [0.15, 0.2) is 0 Å². The van der Waals surface area contributed by atoms with E-state index in [0.29, 0.717) is 22.4 Å². The maximum atomic E-state index is 13.4. The van der Waals surface area contributed by atoms with Crippen LogP contribution in [-0.4, -0.2) is 26.6 Å². The van der Waals surface area contributed by atoms with Crippen molar-refractivity contribution >= 4 is 27.5 Å². The highest BCUT2D eigenvalue weighted by molar-refractivity contribution is 7.92. The third-order valence-electron chi connectivity index (χ3n) is 4.33. The summed E-state index contributed by atoms with van der Waals surface area (Å²) in [4.78, 5) is 11.3. The van der Waals surface area contributed by atoms with Crippen molar-refractivity contribution in [1.29, 1.82) is 0 Å². The number of hydrogen-bond donors (Lipinski definition) is 2. The van der Waals surface area contributed by atoms with Gasteiger partial charge >= 0.3 is 0 Å². The Kier molecular flexibility index (Phi) is 5.79. The van der Waals surface area contributed by atoms with Crippen LogP contribution in [0, 0.1) is 19.7 Å². The maximum Gasteiger partial charge on any atom is 0.265 e. The number of nitrogens with one attached hydrogen (secondary N) is 2. The maximum absolute atomic E-state index is 13.4. The highest BCUT2D eigenvalue weighted by Gasteiger charge is 2.24. The number of carbonyl (C=O) groups excluding carboxylic acids is 1. The Bertz CT molecular complexity index is 1220. The lowest BCUT2D eigenvalue weighted by Gasteiger charge is -2.14. The molecule has 3 rings (SSSR count). The van der Waals surface area contributed by atoms with Crippen LogP contribution in [0.15, 0.2) is 45.8 Å². The third kappa shape index (κ3) is 4.28. The molecular weight excluding hydrogens is 413 g/mol. The Morgan fingerprint density at radius 1 is 1.17 bits per heavy atom. The number of ether oxygens (including phenoxy) is 1. The van der Waals surface area contributed by atoms with E-state index < -0.39 is 15.8 Å². The normalized spacial score (nSPS) is 11.2. The predicted octanol–water partition coefficient (Wildman–Crippen LogP) is 3.87. The molecule has 2 N–H and O–H groups in total. The number of carbonyl (C=O) groups is 1. The zero-order chi connectivity index (χ0) is 22.1. The second kappa shape index (κ2) is 8.15. The number of aryl methyl sites for hydroxylation is 2. The van der Waals surface area contributed by atoms with Crippen LogP contribution in [-0.2, 0) is 14.8 Å². The van der Waals surface area contributed by atoms with Crippen molar-refractivity contribution in [3.63, 3.8) is 0 Å². The molecule has 0 radical (unpaired) electrons. The first-order valence-electron chi connectivity index (χ1n) is 8.83. The van der Waals surface area contributed by atoms with E-state index in [0.717, 1.165) is 0 Å². The number of hydrogen-bond acceptors (Lipinski definition) is 6. The summed E-state index contributed by atoms with van der Waals surface area (Å²) in [6.07, 6.45) is 0. The zero-order valence-corrected chi connectivity index (χ0v) is 17.6. The molecule has 0 atom stereocenters. The van der Waals surface area contributed by atoms with Gasteiger partial charge in [0.2, 0.25) is 11.8 Å². The molecule has 1 heterocycles. The molecule has 0 fully saturated rings. The molecule has 3 aromatic rings. The number of rotatable bonds is 6. The number of methoxy groups -OCH3 is 1. The largest absolute Gasteiger partial charge is 0.495 e. The van der Waals surface area contributed by atoms with E-state index in [4.69, 9.17) is 9.26 Å². The molecule has 0 aliphatic carbocycles. The summed E-state index contributed by atoms with van der Waals surface area (Å²) in [6.45, 7) is 4.58. The number of amides is 1. The van der Waals surface area contributed by atoms with Crippen molar-refractivity contribution in [2.45, 2.75) is 25.7 Å². The summed E-state index contributed by atoms with van der Waals surface area (Å²) >= 11 is 0. The standard InChI is InChI=1S/C20H20FN3O5S/c1-11-9-15(21)6-7-16(11)24-30(26,27)18-10-14(5-8-17(18)28-4)19-12(2)23-29-20(19)22-13(3)25/h5-10,24H,1-4H3,(H,22,25). The van der Waals surface area contributed by atoms with Gasteiger partial charge in [-0.25, -0.2) is 12.8 Å². The van der Waals surface area contributed by atoms with Crippen LogP contribution >= 0.6 is 0 Å². The van der Waals surface area contributed by atoms with Gasteiger partial charge in [-0.05, 0) is 55.3 Å². The summed E-state index contributed by atoms with van der Waals surface area (Å²) < 4.78 is 52.4. The molecule has 0 aliphatic rings. The second-order valence-electron chi connectivity index (χ2n) is 6.58. The average Bonchev–Trinajstić information content (AvgIpc) is 3.03. The van der Waals surface area contributed by atoms with Crippen LogP contribution < -0.4 is 14.8 Å². The van der Waals surface area contributed by atoms with E-state index in [9.17, 15) is 17.6 Å². The van der Waals surface area contributed by atoms with Gasteiger partial charge < -0.3 is 9.26 Å². The van der Waals surface area contributed by atoms with Gasteiger partial charge in [0, 0.05) is 6.92 Å². The summed E-state index contributed by atoms with van der Waals surface area (Å²) in [7, 11) is -2.74. The van der Waals surface area contributed by atoms with Crippen molar-refractivity contribution in [3.05, 3.63) is 53.5 Å². The minimum atomic E-state index is -4.09. The van der Waals surface area contributed by atoms with E-state index in [2.05, 4.69) is 15.2 Å². The highest BCUT2D eigenvalue weighted by atomic mass is 32.2. The fraction of sp³-hybridized carbons (Fsp3) is 0.200. The number of aromatic nitrogens is 1. The van der Waals surface area contributed by atoms with Crippen LogP contribution in [0.25, 0.3) is 11.1 Å². The fourth-order valence-electron chi connectivity index (χ4n) is 2.94. The Balaban J connectivity index is 2.09. The molecule has 30 heavy (non-hydrogen) atoms. The molecule has 1 amide bonds. The minimum Gasteiger partial charge on any atom is -0.495 e. The molecule has 2 aromatic carbocycles. The first-order chi connectivity index (χ1) is 14.1. The molecule has 0 saturated heterocycles. The Morgan fingerprint density at radius 2 is 1.90 bits per heavy atom. The van der Waals surface area contributed by atoms with Crippen LogP contribution in [0.3, 0.4) is 0 Å². The average molecular weight is 433 g/mol. The number of benzene rings is 2. The molecule has 1 aromatic heterocycles. The van der Waals surface area contributed by atoms with E-state index in [1.54, 1.807) is 19.9 Å². The molecule has 0 bridgehead atoms. The van der Waals surface area contributed by atoms with E-state index in [1.807, 2.05) is 0 Å². The van der Waals surface area contributed by atoms with Crippen molar-refractivity contribution in [2.24, 2.45) is 0 Å². The predicted molar refractivity (Wildman–Crippen MR) is 109 cm³/mol. The van der Waals surface area contributed by atoms with Crippen LogP contribution in [0.5, 0.6) is 5.75 Å². The molecule has 0 spiro atoms. The summed E-state index contributed by atoms with van der Waals surface area (Å²) in [5.74, 6) is -0.609. The van der Waals surface area contributed by atoms with Gasteiger partial charge in [0.05, 0.1) is 24.1 Å². The van der Waals surface area contributed by atoms with Crippen LogP contribution in [0.4, 0.5) is 16.0 Å². The Labute approximate surface area is 173 Å². The first-order valence-corrected chi connectivity index (χ1v) is 10.3. The van der Waals surface area contributed by atoms with Gasteiger partial charge in [0.25, 0.3) is 10.0 Å².